The number of aromatic carboxylic acids is 1. The first-order valence-electron chi connectivity index (χ1n) is 5.84. The number of anilines is 1. The Morgan fingerprint density at radius 1 is 1.10 bits per heavy atom. The van der Waals surface area contributed by atoms with Gasteiger partial charge in [0.15, 0.2) is 5.78 Å². The van der Waals surface area contributed by atoms with Crippen molar-refractivity contribution < 1.29 is 19.1 Å². The summed E-state index contributed by atoms with van der Waals surface area (Å²) in [4.78, 5) is 22.0. The number of Topliss-reactive ketones (excluding diaryl/α,β-unsaturated/α-hetero) is 1. The highest BCUT2D eigenvalue weighted by Crippen LogP contribution is 2.27. The first kappa shape index (κ1) is 13.7. The third-order valence-corrected chi connectivity index (χ3v) is 2.96. The highest BCUT2D eigenvalue weighted by molar-refractivity contribution is 5.96. The Morgan fingerprint density at radius 2 is 1.70 bits per heavy atom. The Morgan fingerprint density at radius 3 is 2.15 bits per heavy atom. The monoisotopic (exact) mass is 273 g/mol. The first-order chi connectivity index (χ1) is 9.40. The Hall–Kier alpha value is -2.69. The molecule has 0 bridgehead atoms. The van der Waals surface area contributed by atoms with Crippen molar-refractivity contribution in [1.82, 2.24) is 0 Å². The molecule has 0 saturated carbocycles. The van der Waals surface area contributed by atoms with Crippen LogP contribution in [0.5, 0.6) is 0 Å². The number of benzene rings is 2. The molecule has 2 aromatic carbocycles. The maximum Gasteiger partial charge on any atom is 0.340 e. The molecule has 0 amide bonds. The molecule has 0 aliphatic rings. The number of nitrogens with two attached hydrogens (primary N) is 1. The number of hydrogen-bond acceptors (Lipinski definition) is 3. The van der Waals surface area contributed by atoms with E-state index in [1.165, 1.54) is 13.0 Å². The van der Waals surface area contributed by atoms with Gasteiger partial charge in [-0.25, -0.2) is 9.18 Å². The standard InChI is InChI=1S/C15H12FNO3/c1-8(18)9-2-4-10(5-3-9)11-6-12(16)14(15(19)20)13(17)7-11/h2-7H,17H2,1H3,(H,19,20). The van der Waals surface area contributed by atoms with Gasteiger partial charge in [-0.05, 0) is 30.2 Å². The van der Waals surface area contributed by atoms with E-state index in [1.54, 1.807) is 24.3 Å². The summed E-state index contributed by atoms with van der Waals surface area (Å²) in [6.45, 7) is 1.45. The zero-order valence-corrected chi connectivity index (χ0v) is 10.7. The molecule has 0 atom stereocenters. The van der Waals surface area contributed by atoms with E-state index in [4.69, 9.17) is 10.8 Å². The SMILES string of the molecule is CC(=O)c1ccc(-c2cc(N)c(C(=O)O)c(F)c2)cc1. The van der Waals surface area contributed by atoms with Gasteiger partial charge < -0.3 is 10.8 Å². The van der Waals surface area contributed by atoms with Gasteiger partial charge >= 0.3 is 5.97 Å². The van der Waals surface area contributed by atoms with Gasteiger partial charge in [-0.2, -0.15) is 0 Å². The van der Waals surface area contributed by atoms with E-state index >= 15 is 0 Å². The lowest BCUT2D eigenvalue weighted by Gasteiger charge is -2.08. The summed E-state index contributed by atoms with van der Waals surface area (Å²) in [6, 6.07) is 9.07. The van der Waals surface area contributed by atoms with E-state index in [0.717, 1.165) is 6.07 Å². The lowest BCUT2D eigenvalue weighted by Crippen LogP contribution is -2.06. The van der Waals surface area contributed by atoms with E-state index in [0.29, 0.717) is 16.7 Å². The molecule has 0 aliphatic heterocycles. The lowest BCUT2D eigenvalue weighted by molar-refractivity contribution is 0.0693. The van der Waals surface area contributed by atoms with Crippen LogP contribution in [0.3, 0.4) is 0 Å². The summed E-state index contributed by atoms with van der Waals surface area (Å²) < 4.78 is 13.7. The summed E-state index contributed by atoms with van der Waals surface area (Å²) in [5.41, 5.74) is 6.55. The van der Waals surface area contributed by atoms with Crippen LogP contribution < -0.4 is 5.73 Å². The van der Waals surface area contributed by atoms with Crippen molar-refractivity contribution in [2.45, 2.75) is 6.92 Å². The number of rotatable bonds is 3. The molecule has 0 saturated heterocycles. The van der Waals surface area contributed by atoms with E-state index in [9.17, 15) is 14.0 Å². The molecule has 4 nitrogen and oxygen atoms in total. The van der Waals surface area contributed by atoms with Crippen molar-refractivity contribution in [2.24, 2.45) is 0 Å². The molecular weight excluding hydrogens is 261 g/mol. The fourth-order valence-corrected chi connectivity index (χ4v) is 1.92. The molecule has 102 valence electrons. The zero-order chi connectivity index (χ0) is 14.9. The van der Waals surface area contributed by atoms with Crippen molar-refractivity contribution in [3.63, 3.8) is 0 Å². The molecule has 2 rings (SSSR count). The van der Waals surface area contributed by atoms with Gasteiger partial charge in [-0.3, -0.25) is 4.79 Å². The average Bonchev–Trinajstić information content (AvgIpc) is 2.37. The molecule has 0 spiro atoms. The van der Waals surface area contributed by atoms with Crippen molar-refractivity contribution in [1.29, 1.82) is 0 Å². The number of carboxylic acids is 1. The minimum atomic E-state index is -1.40. The third-order valence-electron chi connectivity index (χ3n) is 2.96. The maximum atomic E-state index is 13.7. The zero-order valence-electron chi connectivity index (χ0n) is 10.7. The van der Waals surface area contributed by atoms with E-state index in [2.05, 4.69) is 0 Å². The molecule has 0 unspecified atom stereocenters. The van der Waals surface area contributed by atoms with Crippen molar-refractivity contribution >= 4 is 17.4 Å². The average molecular weight is 273 g/mol. The smallest absolute Gasteiger partial charge is 0.340 e. The van der Waals surface area contributed by atoms with Gasteiger partial charge in [-0.15, -0.1) is 0 Å². The van der Waals surface area contributed by atoms with Crippen LogP contribution in [-0.2, 0) is 0 Å². The molecule has 20 heavy (non-hydrogen) atoms. The van der Waals surface area contributed by atoms with Crippen LogP contribution in [0.15, 0.2) is 36.4 Å². The second kappa shape index (κ2) is 5.13. The van der Waals surface area contributed by atoms with Crippen LogP contribution >= 0.6 is 0 Å². The largest absolute Gasteiger partial charge is 0.478 e. The molecule has 0 aliphatic carbocycles. The minimum absolute atomic E-state index is 0.0662. The fraction of sp³-hybridized carbons (Fsp3) is 0.0667. The predicted molar refractivity (Wildman–Crippen MR) is 73.2 cm³/mol. The summed E-state index contributed by atoms with van der Waals surface area (Å²) >= 11 is 0. The van der Waals surface area contributed by atoms with Crippen LogP contribution in [0.2, 0.25) is 0 Å². The molecule has 2 aromatic rings. The Labute approximate surface area is 114 Å². The van der Waals surface area contributed by atoms with Crippen molar-refractivity contribution in [2.75, 3.05) is 5.73 Å². The normalized spacial score (nSPS) is 10.3. The number of carboxylic acid groups (broad SMARTS) is 1. The number of halogens is 1. The van der Waals surface area contributed by atoms with E-state index < -0.39 is 17.3 Å². The predicted octanol–water partition coefficient (Wildman–Crippen LogP) is 2.98. The Kier molecular flexibility index (Phi) is 3.52. The minimum Gasteiger partial charge on any atom is -0.478 e. The number of ketones is 1. The molecule has 3 N–H and O–H groups in total. The quantitative estimate of drug-likeness (QED) is 0.665. The summed E-state index contributed by atoms with van der Waals surface area (Å²) in [6.07, 6.45) is 0. The Balaban J connectivity index is 2.48. The first-order valence-corrected chi connectivity index (χ1v) is 5.84. The second-order valence-electron chi connectivity index (χ2n) is 4.36. The second-order valence-corrected chi connectivity index (χ2v) is 4.36. The van der Waals surface area contributed by atoms with Crippen LogP contribution in [-0.4, -0.2) is 16.9 Å². The fourth-order valence-electron chi connectivity index (χ4n) is 1.92. The van der Waals surface area contributed by atoms with Crippen molar-refractivity contribution in [3.8, 4) is 11.1 Å². The molecular formula is C15H12FNO3. The van der Waals surface area contributed by atoms with Gasteiger partial charge in [0.1, 0.15) is 11.4 Å². The highest BCUT2D eigenvalue weighted by Gasteiger charge is 2.16. The number of nitrogen functional groups attached to an aromatic ring is 1. The van der Waals surface area contributed by atoms with Gasteiger partial charge in [0, 0.05) is 11.3 Å². The van der Waals surface area contributed by atoms with Gasteiger partial charge in [0.05, 0.1) is 0 Å². The van der Waals surface area contributed by atoms with Gasteiger partial charge in [0.25, 0.3) is 0 Å². The molecule has 0 aromatic heterocycles. The molecule has 0 heterocycles. The number of carbonyl (C=O) groups is 2. The maximum absolute atomic E-state index is 13.7. The molecule has 0 radical (unpaired) electrons. The van der Waals surface area contributed by atoms with Crippen molar-refractivity contribution in [3.05, 3.63) is 53.3 Å². The Bertz CT molecular complexity index is 670. The molecule has 0 fully saturated rings. The number of hydrogen-bond donors (Lipinski definition) is 2. The summed E-state index contributed by atoms with van der Waals surface area (Å²) in [5.74, 6) is -2.36. The van der Waals surface area contributed by atoms with E-state index in [1.807, 2.05) is 0 Å². The van der Waals surface area contributed by atoms with Crippen LogP contribution in [0.25, 0.3) is 11.1 Å². The summed E-state index contributed by atoms with van der Waals surface area (Å²) in [7, 11) is 0. The third kappa shape index (κ3) is 2.51. The van der Waals surface area contributed by atoms with Crippen LogP contribution in [0.4, 0.5) is 10.1 Å². The van der Waals surface area contributed by atoms with E-state index in [-0.39, 0.29) is 11.5 Å². The molecule has 5 heteroatoms. The highest BCUT2D eigenvalue weighted by atomic mass is 19.1. The summed E-state index contributed by atoms with van der Waals surface area (Å²) in [5, 5.41) is 8.85. The van der Waals surface area contributed by atoms with Crippen LogP contribution in [0.1, 0.15) is 27.6 Å². The lowest BCUT2D eigenvalue weighted by atomic mass is 10.00. The van der Waals surface area contributed by atoms with Gasteiger partial charge in [-0.1, -0.05) is 24.3 Å². The van der Waals surface area contributed by atoms with Gasteiger partial charge in [0.2, 0.25) is 0 Å². The number of carbonyl (C=O) groups excluding carboxylic acids is 1. The van der Waals surface area contributed by atoms with Crippen LogP contribution in [0, 0.1) is 5.82 Å². The topological polar surface area (TPSA) is 80.4 Å².